The summed E-state index contributed by atoms with van der Waals surface area (Å²) in [5.74, 6) is 1.07. The lowest BCUT2D eigenvalue weighted by Crippen LogP contribution is -2.06. The molecule has 0 spiro atoms. The monoisotopic (exact) mass is 402 g/mol. The van der Waals surface area contributed by atoms with Crippen molar-refractivity contribution in [3.05, 3.63) is 88.9 Å². The van der Waals surface area contributed by atoms with E-state index >= 15 is 0 Å². The van der Waals surface area contributed by atoms with Crippen molar-refractivity contribution in [2.75, 3.05) is 0 Å². The average Bonchev–Trinajstić information content (AvgIpc) is 2.59. The van der Waals surface area contributed by atoms with Crippen molar-refractivity contribution >= 4 is 25.8 Å². The molecule has 0 amide bonds. The summed E-state index contributed by atoms with van der Waals surface area (Å²) in [6.45, 7) is 0. The standard InChI is InChI=1S/C19H15BrO3S/c20-16-11-12-19(23-17-7-3-1-4-8-17)15(13-16)14-24(21,22)18-9-5-2-6-10-18/h1-13H,14H2. The van der Waals surface area contributed by atoms with Crippen LogP contribution in [0.1, 0.15) is 5.56 Å². The third kappa shape index (κ3) is 4.04. The zero-order chi connectivity index (χ0) is 17.0. The second-order valence-electron chi connectivity index (χ2n) is 5.24. The molecule has 0 fully saturated rings. The lowest BCUT2D eigenvalue weighted by molar-refractivity contribution is 0.477. The highest BCUT2D eigenvalue weighted by molar-refractivity contribution is 9.10. The molecule has 3 aromatic carbocycles. The smallest absolute Gasteiger partial charge is 0.182 e. The van der Waals surface area contributed by atoms with Crippen LogP contribution in [0.4, 0.5) is 0 Å². The van der Waals surface area contributed by atoms with Gasteiger partial charge in [0.05, 0.1) is 10.6 Å². The summed E-state index contributed by atoms with van der Waals surface area (Å²) in [5.41, 5.74) is 0.608. The number of hydrogen-bond donors (Lipinski definition) is 0. The van der Waals surface area contributed by atoms with Gasteiger partial charge in [-0.25, -0.2) is 8.42 Å². The van der Waals surface area contributed by atoms with Crippen molar-refractivity contribution in [3.63, 3.8) is 0 Å². The summed E-state index contributed by atoms with van der Waals surface area (Å²) in [6, 6.07) is 23.1. The Bertz CT molecular complexity index is 923. The van der Waals surface area contributed by atoms with Crippen LogP contribution in [0.3, 0.4) is 0 Å². The van der Waals surface area contributed by atoms with E-state index in [9.17, 15) is 8.42 Å². The normalized spacial score (nSPS) is 11.2. The molecule has 24 heavy (non-hydrogen) atoms. The van der Waals surface area contributed by atoms with E-state index in [-0.39, 0.29) is 5.75 Å². The Labute approximate surface area is 150 Å². The van der Waals surface area contributed by atoms with Crippen LogP contribution < -0.4 is 4.74 Å². The number of hydrogen-bond acceptors (Lipinski definition) is 3. The van der Waals surface area contributed by atoms with Gasteiger partial charge in [0.25, 0.3) is 0 Å². The van der Waals surface area contributed by atoms with Crippen molar-refractivity contribution in [2.45, 2.75) is 10.6 Å². The molecule has 0 saturated heterocycles. The van der Waals surface area contributed by atoms with Gasteiger partial charge in [-0.3, -0.25) is 0 Å². The summed E-state index contributed by atoms with van der Waals surface area (Å²) in [6.07, 6.45) is 0. The maximum Gasteiger partial charge on any atom is 0.182 e. The first-order valence-electron chi connectivity index (χ1n) is 7.34. The minimum absolute atomic E-state index is 0.126. The summed E-state index contributed by atoms with van der Waals surface area (Å²) in [4.78, 5) is 0.302. The van der Waals surface area contributed by atoms with Gasteiger partial charge in [0.2, 0.25) is 0 Å². The molecule has 122 valence electrons. The molecule has 0 aliphatic rings. The highest BCUT2D eigenvalue weighted by atomic mass is 79.9. The van der Waals surface area contributed by atoms with Crippen LogP contribution in [-0.4, -0.2) is 8.42 Å². The third-order valence-electron chi connectivity index (χ3n) is 3.44. The molecule has 0 saturated carbocycles. The summed E-state index contributed by atoms with van der Waals surface area (Å²) >= 11 is 3.40. The average molecular weight is 403 g/mol. The lowest BCUT2D eigenvalue weighted by atomic mass is 10.2. The number of halogens is 1. The van der Waals surface area contributed by atoms with E-state index in [1.165, 1.54) is 0 Å². The van der Waals surface area contributed by atoms with E-state index in [2.05, 4.69) is 15.9 Å². The van der Waals surface area contributed by atoms with Gasteiger partial charge in [-0.15, -0.1) is 0 Å². The number of para-hydroxylation sites is 1. The van der Waals surface area contributed by atoms with Crippen LogP contribution in [0.5, 0.6) is 11.5 Å². The van der Waals surface area contributed by atoms with Crippen molar-refractivity contribution in [1.29, 1.82) is 0 Å². The molecule has 3 rings (SSSR count). The van der Waals surface area contributed by atoms with Gasteiger partial charge in [-0.1, -0.05) is 52.3 Å². The van der Waals surface area contributed by atoms with Crippen molar-refractivity contribution in [2.24, 2.45) is 0 Å². The first-order valence-corrected chi connectivity index (χ1v) is 9.78. The van der Waals surface area contributed by atoms with Gasteiger partial charge >= 0.3 is 0 Å². The minimum Gasteiger partial charge on any atom is -0.457 e. The fourth-order valence-electron chi connectivity index (χ4n) is 2.29. The Hall–Kier alpha value is -2.11. The van der Waals surface area contributed by atoms with Crippen molar-refractivity contribution in [3.8, 4) is 11.5 Å². The molecule has 0 aliphatic carbocycles. The molecule has 3 aromatic rings. The number of sulfone groups is 1. The fourth-order valence-corrected chi connectivity index (χ4v) is 4.07. The van der Waals surface area contributed by atoms with Crippen LogP contribution in [0.25, 0.3) is 0 Å². The topological polar surface area (TPSA) is 43.4 Å². The predicted molar refractivity (Wildman–Crippen MR) is 98.0 cm³/mol. The SMILES string of the molecule is O=S(=O)(Cc1cc(Br)ccc1Oc1ccccc1)c1ccccc1. The Morgan fingerprint density at radius 2 is 1.46 bits per heavy atom. The highest BCUT2D eigenvalue weighted by Crippen LogP contribution is 2.30. The molecular weight excluding hydrogens is 388 g/mol. The Morgan fingerprint density at radius 1 is 0.833 bits per heavy atom. The molecule has 0 bridgehead atoms. The molecule has 0 heterocycles. The van der Waals surface area contributed by atoms with Crippen molar-refractivity contribution in [1.82, 2.24) is 0 Å². The van der Waals surface area contributed by atoms with Gasteiger partial charge in [0.15, 0.2) is 9.84 Å². The molecule has 0 aliphatic heterocycles. The van der Waals surface area contributed by atoms with Gasteiger partial charge in [0.1, 0.15) is 11.5 Å². The zero-order valence-electron chi connectivity index (χ0n) is 12.7. The summed E-state index contributed by atoms with van der Waals surface area (Å²) in [7, 11) is -3.45. The van der Waals surface area contributed by atoms with E-state index < -0.39 is 9.84 Å². The van der Waals surface area contributed by atoms with E-state index in [1.807, 2.05) is 36.4 Å². The fraction of sp³-hybridized carbons (Fsp3) is 0.0526. The second kappa shape index (κ2) is 7.20. The molecule has 0 atom stereocenters. The van der Waals surface area contributed by atoms with E-state index in [0.29, 0.717) is 22.0 Å². The maximum absolute atomic E-state index is 12.6. The maximum atomic E-state index is 12.6. The van der Waals surface area contributed by atoms with E-state index in [0.717, 1.165) is 4.47 Å². The molecule has 0 unspecified atom stereocenters. The minimum atomic E-state index is -3.45. The first kappa shape index (κ1) is 16.7. The molecule has 0 radical (unpaired) electrons. The second-order valence-corrected chi connectivity index (χ2v) is 8.14. The number of ether oxygens (including phenoxy) is 1. The summed E-state index contributed by atoms with van der Waals surface area (Å²) in [5, 5.41) is 0. The number of benzene rings is 3. The van der Waals surface area contributed by atoms with Crippen LogP contribution >= 0.6 is 15.9 Å². The summed E-state index contributed by atoms with van der Waals surface area (Å²) < 4.78 is 32.0. The lowest BCUT2D eigenvalue weighted by Gasteiger charge is -2.12. The van der Waals surface area contributed by atoms with E-state index in [4.69, 9.17) is 4.74 Å². The van der Waals surface area contributed by atoms with Crippen LogP contribution in [0.2, 0.25) is 0 Å². The van der Waals surface area contributed by atoms with Crippen LogP contribution in [0, 0.1) is 0 Å². The zero-order valence-corrected chi connectivity index (χ0v) is 15.1. The van der Waals surface area contributed by atoms with Crippen molar-refractivity contribution < 1.29 is 13.2 Å². The third-order valence-corrected chi connectivity index (χ3v) is 5.62. The molecule has 0 aromatic heterocycles. The Morgan fingerprint density at radius 3 is 2.12 bits per heavy atom. The Balaban J connectivity index is 1.94. The quantitative estimate of drug-likeness (QED) is 0.587. The largest absolute Gasteiger partial charge is 0.457 e. The van der Waals surface area contributed by atoms with Gasteiger partial charge in [0, 0.05) is 10.0 Å². The molecule has 3 nitrogen and oxygen atoms in total. The van der Waals surface area contributed by atoms with Crippen LogP contribution in [-0.2, 0) is 15.6 Å². The molecular formula is C19H15BrO3S. The molecule has 0 N–H and O–H groups in total. The van der Waals surface area contributed by atoms with Gasteiger partial charge in [-0.2, -0.15) is 0 Å². The van der Waals surface area contributed by atoms with Gasteiger partial charge < -0.3 is 4.74 Å². The van der Waals surface area contributed by atoms with E-state index in [1.54, 1.807) is 42.5 Å². The van der Waals surface area contributed by atoms with Crippen LogP contribution in [0.15, 0.2) is 88.2 Å². The Kier molecular flexibility index (Phi) is 5.02. The highest BCUT2D eigenvalue weighted by Gasteiger charge is 2.18. The number of rotatable bonds is 5. The first-order chi connectivity index (χ1) is 11.5. The molecule has 5 heteroatoms. The predicted octanol–water partition coefficient (Wildman–Crippen LogP) is 5.22. The van der Waals surface area contributed by atoms with Gasteiger partial charge in [-0.05, 0) is 42.5 Å².